The van der Waals surface area contributed by atoms with Gasteiger partial charge in [-0.3, -0.25) is 9.69 Å². The minimum atomic E-state index is -0.950. The normalized spacial score (nSPS) is 18.5. The van der Waals surface area contributed by atoms with Gasteiger partial charge in [-0.1, -0.05) is 18.0 Å². The van der Waals surface area contributed by atoms with E-state index >= 15 is 0 Å². The molecule has 0 bridgehead atoms. The highest BCUT2D eigenvalue weighted by Gasteiger charge is 2.30. The van der Waals surface area contributed by atoms with E-state index in [0.717, 1.165) is 32.4 Å². The summed E-state index contributed by atoms with van der Waals surface area (Å²) in [5.74, 6) is -0.966. The number of carboxylic acids is 1. The maximum atomic E-state index is 11.5. The number of likely N-dealkylation sites (tertiary alicyclic amines) is 1. The molecule has 1 unspecified atom stereocenters. The van der Waals surface area contributed by atoms with Crippen molar-refractivity contribution in [3.05, 3.63) is 28.8 Å². The van der Waals surface area contributed by atoms with Gasteiger partial charge in [-0.2, -0.15) is 0 Å². The Hall–Kier alpha value is -1.26. The van der Waals surface area contributed by atoms with Crippen LogP contribution in [0.3, 0.4) is 0 Å². The molecule has 0 aromatic heterocycles. The summed E-state index contributed by atoms with van der Waals surface area (Å²) >= 11 is 5.88. The summed E-state index contributed by atoms with van der Waals surface area (Å²) in [7, 11) is 0. The molecule has 1 aromatic rings. The number of phenols is 1. The van der Waals surface area contributed by atoms with Gasteiger partial charge in [0.25, 0.3) is 0 Å². The molecular formula is C13H16ClNO3. The number of aromatic hydroxyl groups is 1. The van der Waals surface area contributed by atoms with Crippen LogP contribution in [0.1, 0.15) is 30.9 Å². The zero-order chi connectivity index (χ0) is 13.1. The van der Waals surface area contributed by atoms with Gasteiger partial charge in [-0.15, -0.1) is 0 Å². The number of phenolic OH excluding ortho intramolecular Hbond substituents is 1. The van der Waals surface area contributed by atoms with Crippen LogP contribution in [0, 0.1) is 0 Å². The summed E-state index contributed by atoms with van der Waals surface area (Å²) in [6.45, 7) is 1.48. The molecule has 2 rings (SSSR count). The van der Waals surface area contributed by atoms with Crippen LogP contribution in [0.15, 0.2) is 18.2 Å². The van der Waals surface area contributed by atoms with Crippen LogP contribution in [0.2, 0.25) is 5.02 Å². The van der Waals surface area contributed by atoms with Crippen LogP contribution < -0.4 is 0 Å². The number of halogens is 1. The fraction of sp³-hybridized carbons (Fsp3) is 0.462. The molecule has 5 heteroatoms. The minimum absolute atomic E-state index is 0.0163. The number of aliphatic carboxylic acids is 1. The molecule has 0 aliphatic carbocycles. The van der Waals surface area contributed by atoms with Crippen molar-refractivity contribution in [2.45, 2.75) is 25.3 Å². The number of rotatable bonds is 3. The molecule has 1 aromatic carbocycles. The number of hydrogen-bond acceptors (Lipinski definition) is 3. The van der Waals surface area contributed by atoms with Crippen LogP contribution in [0.25, 0.3) is 0 Å². The van der Waals surface area contributed by atoms with E-state index in [0.29, 0.717) is 10.6 Å². The third-order valence-corrected chi connectivity index (χ3v) is 3.51. The van der Waals surface area contributed by atoms with Crippen LogP contribution in [0.4, 0.5) is 0 Å². The molecule has 2 N–H and O–H groups in total. The van der Waals surface area contributed by atoms with Gasteiger partial charge in [0.2, 0.25) is 0 Å². The molecule has 1 aliphatic rings. The number of carbonyl (C=O) groups is 1. The highest BCUT2D eigenvalue weighted by molar-refractivity contribution is 6.30. The van der Waals surface area contributed by atoms with Crippen molar-refractivity contribution < 1.29 is 15.0 Å². The van der Waals surface area contributed by atoms with Gasteiger partial charge < -0.3 is 10.2 Å². The Morgan fingerprint density at radius 1 is 1.28 bits per heavy atom. The molecule has 1 fully saturated rings. The Morgan fingerprint density at radius 2 is 1.94 bits per heavy atom. The highest BCUT2D eigenvalue weighted by Crippen LogP contribution is 2.32. The Labute approximate surface area is 111 Å². The second kappa shape index (κ2) is 5.59. The van der Waals surface area contributed by atoms with Gasteiger partial charge in [-0.05, 0) is 44.1 Å². The van der Waals surface area contributed by atoms with E-state index in [4.69, 9.17) is 11.6 Å². The van der Waals surface area contributed by atoms with Crippen LogP contribution in [0.5, 0.6) is 5.75 Å². The van der Waals surface area contributed by atoms with Crippen LogP contribution >= 0.6 is 11.6 Å². The average molecular weight is 270 g/mol. The largest absolute Gasteiger partial charge is 0.508 e. The Kier molecular flexibility index (Phi) is 4.09. The first-order chi connectivity index (χ1) is 8.59. The van der Waals surface area contributed by atoms with Gasteiger partial charge in [-0.25, -0.2) is 0 Å². The first-order valence-electron chi connectivity index (χ1n) is 6.05. The lowest BCUT2D eigenvalue weighted by Gasteiger charge is -2.32. The van der Waals surface area contributed by atoms with Gasteiger partial charge >= 0.3 is 5.97 Å². The first kappa shape index (κ1) is 13.2. The molecule has 1 heterocycles. The van der Waals surface area contributed by atoms with Gasteiger partial charge in [0.05, 0.1) is 0 Å². The van der Waals surface area contributed by atoms with Gasteiger partial charge in [0.15, 0.2) is 0 Å². The van der Waals surface area contributed by atoms with Gasteiger partial charge in [0, 0.05) is 10.6 Å². The lowest BCUT2D eigenvalue weighted by Crippen LogP contribution is -2.37. The molecule has 4 nitrogen and oxygen atoms in total. The molecule has 18 heavy (non-hydrogen) atoms. The number of carboxylic acid groups (broad SMARTS) is 1. The number of nitrogens with zero attached hydrogens (tertiary/aromatic N) is 1. The van der Waals surface area contributed by atoms with E-state index < -0.39 is 12.0 Å². The number of hydrogen-bond donors (Lipinski definition) is 2. The number of benzene rings is 1. The highest BCUT2D eigenvalue weighted by atomic mass is 35.5. The molecule has 0 amide bonds. The van der Waals surface area contributed by atoms with Crippen molar-refractivity contribution >= 4 is 17.6 Å². The number of piperidine rings is 1. The predicted octanol–water partition coefficient (Wildman–Crippen LogP) is 2.66. The summed E-state index contributed by atoms with van der Waals surface area (Å²) < 4.78 is 0. The third-order valence-electron chi connectivity index (χ3n) is 3.27. The Bertz CT molecular complexity index is 444. The minimum Gasteiger partial charge on any atom is -0.508 e. The van der Waals surface area contributed by atoms with Crippen LogP contribution in [-0.2, 0) is 4.79 Å². The monoisotopic (exact) mass is 269 g/mol. The second-order valence-electron chi connectivity index (χ2n) is 4.54. The van der Waals surface area contributed by atoms with E-state index in [1.54, 1.807) is 6.07 Å². The molecule has 0 saturated carbocycles. The zero-order valence-electron chi connectivity index (χ0n) is 9.97. The van der Waals surface area contributed by atoms with Crippen molar-refractivity contribution in [2.75, 3.05) is 13.1 Å². The summed E-state index contributed by atoms with van der Waals surface area (Å²) in [6.07, 6.45) is 3.11. The fourth-order valence-corrected chi connectivity index (χ4v) is 2.59. The second-order valence-corrected chi connectivity index (χ2v) is 4.98. The van der Waals surface area contributed by atoms with Crippen molar-refractivity contribution in [3.63, 3.8) is 0 Å². The quantitative estimate of drug-likeness (QED) is 0.886. The molecular weight excluding hydrogens is 254 g/mol. The smallest absolute Gasteiger partial charge is 0.325 e. The lowest BCUT2D eigenvalue weighted by molar-refractivity contribution is -0.144. The maximum Gasteiger partial charge on any atom is 0.325 e. The van der Waals surface area contributed by atoms with E-state index in [1.807, 2.05) is 4.90 Å². The molecule has 0 spiro atoms. The van der Waals surface area contributed by atoms with Gasteiger partial charge in [0.1, 0.15) is 11.8 Å². The third kappa shape index (κ3) is 2.76. The first-order valence-corrected chi connectivity index (χ1v) is 6.42. The van der Waals surface area contributed by atoms with Crippen molar-refractivity contribution in [1.82, 2.24) is 4.90 Å². The summed E-state index contributed by atoms with van der Waals surface area (Å²) in [5, 5.41) is 19.7. The predicted molar refractivity (Wildman–Crippen MR) is 68.9 cm³/mol. The standard InChI is InChI=1S/C13H16ClNO3/c14-9-4-5-11(16)10(8-9)12(13(17)18)15-6-2-1-3-7-15/h4-5,8,12,16H,1-3,6-7H2,(H,17,18). The fourth-order valence-electron chi connectivity index (χ4n) is 2.41. The lowest BCUT2D eigenvalue weighted by atomic mass is 10.0. The van der Waals surface area contributed by atoms with Crippen molar-refractivity contribution in [3.8, 4) is 5.75 Å². The molecule has 1 saturated heterocycles. The summed E-state index contributed by atoms with van der Waals surface area (Å²) in [6, 6.07) is 3.71. The molecule has 1 aliphatic heterocycles. The van der Waals surface area contributed by atoms with E-state index in [-0.39, 0.29) is 5.75 Å². The van der Waals surface area contributed by atoms with E-state index in [9.17, 15) is 15.0 Å². The van der Waals surface area contributed by atoms with E-state index in [1.165, 1.54) is 12.1 Å². The SMILES string of the molecule is O=C(O)C(c1cc(Cl)ccc1O)N1CCCCC1. The molecule has 98 valence electrons. The molecule has 0 radical (unpaired) electrons. The molecule has 1 atom stereocenters. The Balaban J connectivity index is 2.34. The summed E-state index contributed by atoms with van der Waals surface area (Å²) in [5.41, 5.74) is 0.372. The van der Waals surface area contributed by atoms with E-state index in [2.05, 4.69) is 0 Å². The Morgan fingerprint density at radius 3 is 2.56 bits per heavy atom. The maximum absolute atomic E-state index is 11.5. The average Bonchev–Trinajstić information content (AvgIpc) is 2.35. The van der Waals surface area contributed by atoms with Crippen molar-refractivity contribution in [2.24, 2.45) is 0 Å². The van der Waals surface area contributed by atoms with Crippen molar-refractivity contribution in [1.29, 1.82) is 0 Å². The summed E-state index contributed by atoms with van der Waals surface area (Å²) in [4.78, 5) is 13.4. The van der Waals surface area contributed by atoms with Crippen LogP contribution in [-0.4, -0.2) is 34.2 Å². The zero-order valence-corrected chi connectivity index (χ0v) is 10.7. The topological polar surface area (TPSA) is 60.8 Å².